The van der Waals surface area contributed by atoms with Crippen LogP contribution in [0.5, 0.6) is 0 Å². The van der Waals surface area contributed by atoms with Crippen molar-refractivity contribution in [3.8, 4) is 11.3 Å². The molecule has 1 aromatic heterocycles. The average Bonchev–Trinajstić information content (AvgIpc) is 3.11. The first-order chi connectivity index (χ1) is 13.4. The summed E-state index contributed by atoms with van der Waals surface area (Å²) in [7, 11) is -3.02. The molecule has 1 fully saturated rings. The van der Waals surface area contributed by atoms with Crippen molar-refractivity contribution in [2.45, 2.75) is 31.4 Å². The standard InChI is InChI=1S/C19H24FN3O3S2/c1-2-11-28(25,26)16-7-9-23(10-8-16)12-18(24)22-19-21-17(13-27-19)14-3-5-15(20)6-4-14/h3-6,13,16H,2,7-12H2,1H3,(H,21,22,24). The van der Waals surface area contributed by atoms with E-state index in [4.69, 9.17) is 0 Å². The second-order valence-corrected chi connectivity index (χ2v) is 10.2. The zero-order valence-corrected chi connectivity index (χ0v) is 17.4. The molecule has 1 aliphatic heterocycles. The van der Waals surface area contributed by atoms with E-state index in [9.17, 15) is 17.6 Å². The number of amides is 1. The number of anilines is 1. The van der Waals surface area contributed by atoms with Crippen LogP contribution in [0.25, 0.3) is 11.3 Å². The highest BCUT2D eigenvalue weighted by Crippen LogP contribution is 2.25. The normalized spacial score (nSPS) is 16.2. The minimum Gasteiger partial charge on any atom is -0.301 e. The Hall–Kier alpha value is -1.84. The van der Waals surface area contributed by atoms with Gasteiger partial charge in [-0.2, -0.15) is 0 Å². The van der Waals surface area contributed by atoms with Gasteiger partial charge in [0, 0.05) is 10.9 Å². The highest BCUT2D eigenvalue weighted by Gasteiger charge is 2.29. The van der Waals surface area contributed by atoms with Gasteiger partial charge < -0.3 is 5.32 Å². The molecule has 28 heavy (non-hydrogen) atoms. The quantitative estimate of drug-likeness (QED) is 0.737. The average molecular weight is 426 g/mol. The van der Waals surface area contributed by atoms with Gasteiger partial charge in [-0.1, -0.05) is 6.92 Å². The number of rotatable bonds is 7. The van der Waals surface area contributed by atoms with Crippen molar-refractivity contribution in [2.75, 3.05) is 30.7 Å². The number of likely N-dealkylation sites (tertiary alicyclic amines) is 1. The Morgan fingerprint density at radius 2 is 1.96 bits per heavy atom. The molecule has 1 aromatic carbocycles. The first-order valence-corrected chi connectivity index (χ1v) is 11.9. The van der Waals surface area contributed by atoms with E-state index < -0.39 is 9.84 Å². The number of thiazole rings is 1. The minimum atomic E-state index is -3.02. The number of sulfone groups is 1. The van der Waals surface area contributed by atoms with Crippen molar-refractivity contribution in [2.24, 2.45) is 0 Å². The van der Waals surface area contributed by atoms with Crippen LogP contribution in [0.1, 0.15) is 26.2 Å². The molecule has 3 rings (SSSR count). The van der Waals surface area contributed by atoms with Gasteiger partial charge in [-0.05, 0) is 56.6 Å². The van der Waals surface area contributed by atoms with Crippen LogP contribution in [0.2, 0.25) is 0 Å². The van der Waals surface area contributed by atoms with Gasteiger partial charge >= 0.3 is 0 Å². The third-order valence-corrected chi connectivity index (χ3v) is 8.01. The van der Waals surface area contributed by atoms with Crippen molar-refractivity contribution in [3.05, 3.63) is 35.5 Å². The molecule has 2 aromatic rings. The summed E-state index contributed by atoms with van der Waals surface area (Å²) in [5, 5.41) is 4.80. The minimum absolute atomic E-state index is 0.171. The number of benzene rings is 1. The third-order valence-electron chi connectivity index (χ3n) is 4.79. The fraction of sp³-hybridized carbons (Fsp3) is 0.474. The summed E-state index contributed by atoms with van der Waals surface area (Å²) in [4.78, 5) is 18.6. The topological polar surface area (TPSA) is 79.4 Å². The molecule has 0 aliphatic carbocycles. The van der Waals surface area contributed by atoms with Crippen LogP contribution in [0, 0.1) is 5.82 Å². The summed E-state index contributed by atoms with van der Waals surface area (Å²) in [5.41, 5.74) is 1.47. The number of aromatic nitrogens is 1. The molecule has 0 spiro atoms. The van der Waals surface area contributed by atoms with Gasteiger partial charge in [-0.25, -0.2) is 17.8 Å². The van der Waals surface area contributed by atoms with Crippen molar-refractivity contribution in [1.29, 1.82) is 0 Å². The number of hydrogen-bond acceptors (Lipinski definition) is 6. The van der Waals surface area contributed by atoms with E-state index >= 15 is 0 Å². The van der Waals surface area contributed by atoms with Crippen LogP contribution in [-0.4, -0.2) is 54.8 Å². The number of carbonyl (C=O) groups is 1. The summed E-state index contributed by atoms with van der Waals surface area (Å²) in [6.07, 6.45) is 1.78. The molecular formula is C19H24FN3O3S2. The zero-order valence-electron chi connectivity index (χ0n) is 15.7. The number of halogens is 1. The fourth-order valence-corrected chi connectivity index (χ4v) is 5.89. The van der Waals surface area contributed by atoms with Crippen LogP contribution in [0.3, 0.4) is 0 Å². The summed E-state index contributed by atoms with van der Waals surface area (Å²) in [6, 6.07) is 6.04. The monoisotopic (exact) mass is 425 g/mol. The van der Waals surface area contributed by atoms with Crippen LogP contribution < -0.4 is 5.32 Å². The largest absolute Gasteiger partial charge is 0.301 e. The summed E-state index contributed by atoms with van der Waals surface area (Å²) >= 11 is 1.31. The van der Waals surface area contributed by atoms with Crippen molar-refractivity contribution < 1.29 is 17.6 Å². The first kappa shape index (κ1) is 20.9. The van der Waals surface area contributed by atoms with E-state index in [1.807, 2.05) is 17.2 Å². The molecule has 0 radical (unpaired) electrons. The van der Waals surface area contributed by atoms with Gasteiger partial charge in [0.2, 0.25) is 5.91 Å². The molecule has 9 heteroatoms. The van der Waals surface area contributed by atoms with Gasteiger partial charge in [0.05, 0.1) is 23.2 Å². The molecular weight excluding hydrogens is 401 g/mol. The van der Waals surface area contributed by atoms with Crippen LogP contribution in [0.4, 0.5) is 9.52 Å². The van der Waals surface area contributed by atoms with E-state index in [0.29, 0.717) is 43.2 Å². The maximum atomic E-state index is 13.0. The number of carbonyl (C=O) groups excluding carboxylic acids is 1. The van der Waals surface area contributed by atoms with Crippen LogP contribution in [-0.2, 0) is 14.6 Å². The maximum Gasteiger partial charge on any atom is 0.240 e. The number of piperidine rings is 1. The Balaban J connectivity index is 1.50. The highest BCUT2D eigenvalue weighted by atomic mass is 32.2. The Morgan fingerprint density at radius 1 is 1.29 bits per heavy atom. The Morgan fingerprint density at radius 3 is 2.61 bits per heavy atom. The smallest absolute Gasteiger partial charge is 0.240 e. The lowest BCUT2D eigenvalue weighted by atomic mass is 10.1. The molecule has 1 saturated heterocycles. The predicted molar refractivity (Wildman–Crippen MR) is 110 cm³/mol. The number of nitrogens with zero attached hydrogens (tertiary/aromatic N) is 2. The van der Waals surface area contributed by atoms with E-state index in [-0.39, 0.29) is 29.3 Å². The van der Waals surface area contributed by atoms with Gasteiger partial charge in [0.1, 0.15) is 5.82 Å². The van der Waals surface area contributed by atoms with E-state index in [1.54, 1.807) is 12.1 Å². The lowest BCUT2D eigenvalue weighted by molar-refractivity contribution is -0.117. The van der Waals surface area contributed by atoms with Crippen molar-refractivity contribution in [1.82, 2.24) is 9.88 Å². The molecule has 152 valence electrons. The van der Waals surface area contributed by atoms with Crippen LogP contribution >= 0.6 is 11.3 Å². The summed E-state index contributed by atoms with van der Waals surface area (Å²) in [6.45, 7) is 3.28. The van der Waals surface area contributed by atoms with Gasteiger partial charge in [-0.15, -0.1) is 11.3 Å². The molecule has 1 aliphatic rings. The molecule has 0 atom stereocenters. The second-order valence-electron chi connectivity index (χ2n) is 6.94. The highest BCUT2D eigenvalue weighted by molar-refractivity contribution is 7.92. The second kappa shape index (κ2) is 9.11. The summed E-state index contributed by atoms with van der Waals surface area (Å²) in [5.74, 6) is -0.243. The molecule has 2 heterocycles. The molecule has 0 bridgehead atoms. The van der Waals surface area contributed by atoms with Gasteiger partial charge in [0.25, 0.3) is 0 Å². The van der Waals surface area contributed by atoms with Gasteiger partial charge in [-0.3, -0.25) is 9.69 Å². The lowest BCUT2D eigenvalue weighted by Crippen LogP contribution is -2.43. The molecule has 0 unspecified atom stereocenters. The third kappa shape index (κ3) is 5.36. The maximum absolute atomic E-state index is 13.0. The van der Waals surface area contributed by atoms with Crippen molar-refractivity contribution in [3.63, 3.8) is 0 Å². The molecule has 1 N–H and O–H groups in total. The predicted octanol–water partition coefficient (Wildman–Crippen LogP) is 3.18. The number of nitrogens with one attached hydrogen (secondary N) is 1. The first-order valence-electron chi connectivity index (χ1n) is 9.32. The van der Waals surface area contributed by atoms with Crippen molar-refractivity contribution >= 4 is 32.2 Å². The number of hydrogen-bond donors (Lipinski definition) is 1. The Kier molecular flexibility index (Phi) is 6.79. The zero-order chi connectivity index (χ0) is 20.1. The molecule has 0 saturated carbocycles. The van der Waals surface area contributed by atoms with E-state index in [1.165, 1.54) is 23.5 Å². The van der Waals surface area contributed by atoms with Gasteiger partial charge in [0.15, 0.2) is 15.0 Å². The summed E-state index contributed by atoms with van der Waals surface area (Å²) < 4.78 is 37.4. The molecule has 1 amide bonds. The van der Waals surface area contributed by atoms with E-state index in [2.05, 4.69) is 10.3 Å². The van der Waals surface area contributed by atoms with E-state index in [0.717, 1.165) is 5.56 Å². The fourth-order valence-electron chi connectivity index (χ4n) is 3.32. The molecule has 6 nitrogen and oxygen atoms in total. The lowest BCUT2D eigenvalue weighted by Gasteiger charge is -2.31. The Labute approximate surface area is 168 Å². The SMILES string of the molecule is CCCS(=O)(=O)C1CCN(CC(=O)Nc2nc(-c3ccc(F)cc3)cs2)CC1. The Bertz CT molecular complexity index is 905. The van der Waals surface area contributed by atoms with Crippen LogP contribution in [0.15, 0.2) is 29.6 Å².